The maximum absolute atomic E-state index is 10.6. The van der Waals surface area contributed by atoms with Gasteiger partial charge in [0.25, 0.3) is 0 Å². The van der Waals surface area contributed by atoms with Crippen LogP contribution in [0.2, 0.25) is 0 Å². The number of hydrogen-bond donors (Lipinski definition) is 0. The average molecular weight is 318 g/mol. The first-order valence-corrected chi connectivity index (χ1v) is 7.59. The first-order chi connectivity index (χ1) is 11.2. The van der Waals surface area contributed by atoms with E-state index in [1.54, 1.807) is 18.3 Å². The second-order valence-electron chi connectivity index (χ2n) is 4.94. The van der Waals surface area contributed by atoms with Gasteiger partial charge < -0.3 is 9.68 Å². The number of hydrogen-bond acceptors (Lipinski definition) is 6. The van der Waals surface area contributed by atoms with Gasteiger partial charge in [-0.15, -0.1) is 0 Å². The van der Waals surface area contributed by atoms with Gasteiger partial charge in [0.2, 0.25) is 0 Å². The lowest BCUT2D eigenvalue weighted by Gasteiger charge is -2.00. The zero-order valence-corrected chi connectivity index (χ0v) is 13.3. The van der Waals surface area contributed by atoms with Crippen LogP contribution in [0.5, 0.6) is 0 Å². The smallest absolute Gasteiger partial charge is 0.174 e. The minimum atomic E-state index is -0.123. The van der Waals surface area contributed by atoms with Crippen LogP contribution in [0.3, 0.4) is 0 Å². The number of aldehydes is 1. The van der Waals surface area contributed by atoms with Crippen LogP contribution >= 0.6 is 0 Å². The van der Waals surface area contributed by atoms with Gasteiger partial charge in [0.05, 0.1) is 6.21 Å². The lowest BCUT2D eigenvalue weighted by molar-refractivity contribution is -0.110. The van der Waals surface area contributed by atoms with Crippen LogP contribution in [-0.2, 0) is 14.5 Å². The van der Waals surface area contributed by atoms with Crippen molar-refractivity contribution < 1.29 is 19.3 Å². The summed E-state index contributed by atoms with van der Waals surface area (Å²) >= 11 is 0. The van der Waals surface area contributed by atoms with Crippen molar-refractivity contribution in [2.75, 3.05) is 13.2 Å². The molecule has 0 unspecified atom stereocenters. The van der Waals surface area contributed by atoms with Gasteiger partial charge in [0.15, 0.2) is 5.78 Å². The topological polar surface area (TPSA) is 77.3 Å². The maximum atomic E-state index is 10.6. The molecule has 0 aliphatic heterocycles. The molecule has 0 radical (unpaired) electrons. The van der Waals surface area contributed by atoms with Gasteiger partial charge in [-0.05, 0) is 31.2 Å². The molecule has 124 valence electrons. The van der Waals surface area contributed by atoms with Crippen LogP contribution in [0.4, 0.5) is 0 Å². The molecule has 0 heterocycles. The molecule has 23 heavy (non-hydrogen) atoms. The largest absolute Gasteiger partial charge is 0.396 e. The molecule has 1 rings (SSSR count). The lowest BCUT2D eigenvalue weighted by Crippen LogP contribution is -1.94. The van der Waals surface area contributed by atoms with Crippen molar-refractivity contribution >= 4 is 24.5 Å². The van der Waals surface area contributed by atoms with Gasteiger partial charge in [0, 0.05) is 12.5 Å². The summed E-state index contributed by atoms with van der Waals surface area (Å²) in [4.78, 5) is 31.2. The Balaban J connectivity index is 1.97. The Labute approximate surface area is 136 Å². The minimum absolute atomic E-state index is 0.123. The second kappa shape index (κ2) is 12.1. The maximum Gasteiger partial charge on any atom is 0.174 e. The normalized spacial score (nSPS) is 11.0. The Morgan fingerprint density at radius 1 is 0.957 bits per heavy atom. The van der Waals surface area contributed by atoms with E-state index in [4.69, 9.17) is 9.68 Å². The zero-order valence-electron chi connectivity index (χ0n) is 13.3. The van der Waals surface area contributed by atoms with Gasteiger partial charge in [-0.2, -0.15) is 0 Å². The van der Waals surface area contributed by atoms with E-state index < -0.39 is 0 Å². The molecule has 0 N–H and O–H groups in total. The number of nitrogens with zero attached hydrogens (tertiary/aromatic N) is 2. The van der Waals surface area contributed by atoms with Crippen molar-refractivity contribution in [2.45, 2.75) is 32.6 Å². The molecule has 0 aliphatic carbocycles. The predicted octanol–water partition coefficient (Wildman–Crippen LogP) is 3.00. The highest BCUT2D eigenvalue weighted by Crippen LogP contribution is 2.02. The van der Waals surface area contributed by atoms with Crippen molar-refractivity contribution in [3.63, 3.8) is 0 Å². The Bertz CT molecular complexity index is 524. The number of carbonyl (C=O) groups excluding carboxylic acids is 2. The molecule has 0 saturated carbocycles. The molecule has 0 aromatic heterocycles. The van der Waals surface area contributed by atoms with Crippen LogP contribution < -0.4 is 0 Å². The van der Waals surface area contributed by atoms with E-state index in [0.29, 0.717) is 18.8 Å². The Morgan fingerprint density at radius 2 is 1.52 bits per heavy atom. The van der Waals surface area contributed by atoms with E-state index >= 15 is 0 Å². The van der Waals surface area contributed by atoms with Crippen LogP contribution in [0.15, 0.2) is 34.6 Å². The Hall–Kier alpha value is -2.50. The second-order valence-corrected chi connectivity index (χ2v) is 4.94. The molecule has 0 saturated heterocycles. The summed E-state index contributed by atoms with van der Waals surface area (Å²) < 4.78 is 0. The van der Waals surface area contributed by atoms with Crippen LogP contribution in [0.25, 0.3) is 0 Å². The van der Waals surface area contributed by atoms with Crippen LogP contribution in [0.1, 0.15) is 48.5 Å². The standard InChI is InChI=1S/C17H22N2O4/c1-15(21)12-18-22-10-4-2-3-5-11-23-19-13-16-6-8-17(14-20)9-7-16/h6-9,12-14H,2-5,10-11H2,1H3/b18-12-,19-13-. The molecule has 0 atom stereocenters. The molecule has 0 fully saturated rings. The molecular formula is C17H22N2O4. The minimum Gasteiger partial charge on any atom is -0.396 e. The van der Waals surface area contributed by atoms with Crippen molar-refractivity contribution in [3.8, 4) is 0 Å². The fraction of sp³-hybridized carbons (Fsp3) is 0.412. The van der Waals surface area contributed by atoms with E-state index in [-0.39, 0.29) is 5.78 Å². The molecular weight excluding hydrogens is 296 g/mol. The summed E-state index contributed by atoms with van der Waals surface area (Å²) in [6.45, 7) is 2.50. The summed E-state index contributed by atoms with van der Waals surface area (Å²) in [6.07, 6.45) is 7.42. The first kappa shape index (κ1) is 18.5. The number of unbranched alkanes of at least 4 members (excludes halogenated alkanes) is 3. The van der Waals surface area contributed by atoms with E-state index in [9.17, 15) is 9.59 Å². The predicted molar refractivity (Wildman–Crippen MR) is 89.0 cm³/mol. The monoisotopic (exact) mass is 318 g/mol. The lowest BCUT2D eigenvalue weighted by atomic mass is 10.2. The van der Waals surface area contributed by atoms with Gasteiger partial charge in [0.1, 0.15) is 25.7 Å². The molecule has 1 aromatic carbocycles. The molecule has 0 bridgehead atoms. The molecule has 0 spiro atoms. The van der Waals surface area contributed by atoms with Gasteiger partial charge in [-0.3, -0.25) is 9.59 Å². The Morgan fingerprint density at radius 3 is 2.09 bits per heavy atom. The van der Waals surface area contributed by atoms with Crippen molar-refractivity contribution in [3.05, 3.63) is 35.4 Å². The van der Waals surface area contributed by atoms with E-state index in [1.165, 1.54) is 13.1 Å². The number of ketones is 1. The summed E-state index contributed by atoms with van der Waals surface area (Å²) in [5, 5.41) is 7.41. The molecule has 6 heteroatoms. The number of rotatable bonds is 12. The number of oxime groups is 2. The third-order valence-electron chi connectivity index (χ3n) is 2.88. The van der Waals surface area contributed by atoms with Gasteiger partial charge in [-0.1, -0.05) is 34.6 Å². The highest BCUT2D eigenvalue weighted by Gasteiger charge is 1.93. The zero-order chi connectivity index (χ0) is 16.8. The SMILES string of the molecule is CC(=O)/C=N\OCCCCCCO/N=C\c1ccc(C=O)cc1. The summed E-state index contributed by atoms with van der Waals surface area (Å²) in [6, 6.07) is 7.09. The van der Waals surface area contributed by atoms with Crippen LogP contribution in [0, 0.1) is 0 Å². The summed E-state index contributed by atoms with van der Waals surface area (Å²) in [5.74, 6) is -0.123. The number of carbonyl (C=O) groups is 2. The van der Waals surface area contributed by atoms with E-state index in [1.807, 2.05) is 12.1 Å². The van der Waals surface area contributed by atoms with Gasteiger partial charge in [-0.25, -0.2) is 0 Å². The van der Waals surface area contributed by atoms with Crippen molar-refractivity contribution in [2.24, 2.45) is 10.3 Å². The van der Waals surface area contributed by atoms with Gasteiger partial charge >= 0.3 is 0 Å². The third kappa shape index (κ3) is 9.95. The highest BCUT2D eigenvalue weighted by atomic mass is 16.6. The van der Waals surface area contributed by atoms with Crippen molar-refractivity contribution in [1.82, 2.24) is 0 Å². The van der Waals surface area contributed by atoms with E-state index in [0.717, 1.165) is 37.5 Å². The fourth-order valence-corrected chi connectivity index (χ4v) is 1.66. The Kier molecular flexibility index (Phi) is 9.75. The third-order valence-corrected chi connectivity index (χ3v) is 2.88. The molecule has 6 nitrogen and oxygen atoms in total. The first-order valence-electron chi connectivity index (χ1n) is 7.59. The van der Waals surface area contributed by atoms with E-state index in [2.05, 4.69) is 10.3 Å². The highest BCUT2D eigenvalue weighted by molar-refractivity contribution is 6.26. The number of Topliss-reactive ketones (excluding diaryl/α,β-unsaturated/α-hetero) is 1. The molecule has 0 aliphatic rings. The van der Waals surface area contributed by atoms with Crippen LogP contribution in [-0.4, -0.2) is 37.7 Å². The summed E-state index contributed by atoms with van der Waals surface area (Å²) in [5.41, 5.74) is 1.53. The fourth-order valence-electron chi connectivity index (χ4n) is 1.66. The molecule has 0 amide bonds. The number of benzene rings is 1. The summed E-state index contributed by atoms with van der Waals surface area (Å²) in [7, 11) is 0. The average Bonchev–Trinajstić information content (AvgIpc) is 2.56. The quantitative estimate of drug-likeness (QED) is 0.257. The molecule has 1 aromatic rings. The van der Waals surface area contributed by atoms with Crippen molar-refractivity contribution in [1.29, 1.82) is 0 Å².